The molecule has 3 aromatic carbocycles. The Kier molecular flexibility index (Phi) is 6.57. The van der Waals surface area contributed by atoms with Crippen molar-refractivity contribution in [1.29, 1.82) is 0 Å². The van der Waals surface area contributed by atoms with E-state index < -0.39 is 18.1 Å². The topological polar surface area (TPSA) is 75.6 Å². The van der Waals surface area contributed by atoms with Crippen LogP contribution in [0.25, 0.3) is 11.1 Å². The standard InChI is InChI=1S/C25H23NO4S/c27-24(28)23(14-15-31-17-8-2-1-3-9-17)26-25(29)30-16-22-20-12-6-4-10-18(20)19-11-5-7-13-21(19)22/h1-13,22-23H,14-16H2,(H,26,29)(H,27,28)/t23-/m0/s1. The number of carboxylic acids is 1. The Morgan fingerprint density at radius 3 is 2.10 bits per heavy atom. The Bertz CT molecular complexity index is 1020. The van der Waals surface area contributed by atoms with Crippen LogP contribution in [0.15, 0.2) is 83.8 Å². The molecule has 31 heavy (non-hydrogen) atoms. The van der Waals surface area contributed by atoms with Crippen LogP contribution < -0.4 is 5.32 Å². The Hall–Kier alpha value is -3.25. The molecule has 1 aliphatic carbocycles. The molecule has 6 heteroatoms. The fraction of sp³-hybridized carbons (Fsp3) is 0.200. The van der Waals surface area contributed by atoms with Crippen LogP contribution in [0, 0.1) is 0 Å². The molecule has 0 radical (unpaired) electrons. The highest BCUT2D eigenvalue weighted by atomic mass is 32.2. The summed E-state index contributed by atoms with van der Waals surface area (Å²) in [5.41, 5.74) is 4.53. The molecule has 0 unspecified atom stereocenters. The number of carbonyl (C=O) groups excluding carboxylic acids is 1. The molecule has 0 fully saturated rings. The number of amides is 1. The van der Waals surface area contributed by atoms with Gasteiger partial charge in [0, 0.05) is 16.6 Å². The number of fused-ring (bicyclic) bond motifs is 3. The first-order chi connectivity index (χ1) is 15.1. The summed E-state index contributed by atoms with van der Waals surface area (Å²) in [4.78, 5) is 25.0. The number of hydrogen-bond acceptors (Lipinski definition) is 4. The van der Waals surface area contributed by atoms with Crippen molar-refractivity contribution >= 4 is 23.8 Å². The monoisotopic (exact) mass is 433 g/mol. The molecule has 0 spiro atoms. The van der Waals surface area contributed by atoms with E-state index in [1.807, 2.05) is 66.7 Å². The Morgan fingerprint density at radius 1 is 0.903 bits per heavy atom. The lowest BCUT2D eigenvalue weighted by atomic mass is 9.98. The van der Waals surface area contributed by atoms with Crippen LogP contribution in [0.5, 0.6) is 0 Å². The van der Waals surface area contributed by atoms with E-state index >= 15 is 0 Å². The molecular weight excluding hydrogens is 410 g/mol. The number of carboxylic acid groups (broad SMARTS) is 1. The van der Waals surface area contributed by atoms with Crippen LogP contribution in [0.3, 0.4) is 0 Å². The first kappa shape index (κ1) is 21.0. The molecule has 5 nitrogen and oxygen atoms in total. The summed E-state index contributed by atoms with van der Waals surface area (Å²) < 4.78 is 5.46. The number of rotatable bonds is 8. The summed E-state index contributed by atoms with van der Waals surface area (Å²) in [6.45, 7) is 0.158. The van der Waals surface area contributed by atoms with Crippen molar-refractivity contribution in [2.75, 3.05) is 12.4 Å². The molecule has 158 valence electrons. The second kappa shape index (κ2) is 9.71. The maximum absolute atomic E-state index is 12.4. The summed E-state index contributed by atoms with van der Waals surface area (Å²) in [5, 5.41) is 12.0. The van der Waals surface area contributed by atoms with Crippen molar-refractivity contribution in [1.82, 2.24) is 5.32 Å². The predicted molar refractivity (Wildman–Crippen MR) is 121 cm³/mol. The molecule has 3 aromatic rings. The number of benzene rings is 3. The number of alkyl carbamates (subject to hydrolysis) is 1. The predicted octanol–water partition coefficient (Wildman–Crippen LogP) is 5.16. The van der Waals surface area contributed by atoms with E-state index in [-0.39, 0.29) is 12.5 Å². The van der Waals surface area contributed by atoms with Crippen molar-refractivity contribution < 1.29 is 19.4 Å². The molecule has 2 N–H and O–H groups in total. The second-order valence-corrected chi connectivity index (χ2v) is 8.48. The minimum Gasteiger partial charge on any atom is -0.480 e. The molecule has 0 aromatic heterocycles. The van der Waals surface area contributed by atoms with Crippen LogP contribution in [-0.2, 0) is 9.53 Å². The van der Waals surface area contributed by atoms with E-state index in [1.54, 1.807) is 11.8 Å². The van der Waals surface area contributed by atoms with E-state index in [9.17, 15) is 14.7 Å². The van der Waals surface area contributed by atoms with Gasteiger partial charge in [0.05, 0.1) is 0 Å². The molecule has 1 amide bonds. The van der Waals surface area contributed by atoms with Crippen LogP contribution in [0.4, 0.5) is 4.79 Å². The zero-order chi connectivity index (χ0) is 21.6. The smallest absolute Gasteiger partial charge is 0.407 e. The highest BCUT2D eigenvalue weighted by molar-refractivity contribution is 7.99. The van der Waals surface area contributed by atoms with Crippen LogP contribution in [0.2, 0.25) is 0 Å². The van der Waals surface area contributed by atoms with E-state index in [4.69, 9.17) is 4.74 Å². The molecule has 0 saturated carbocycles. The third kappa shape index (κ3) is 4.91. The molecule has 0 heterocycles. The van der Waals surface area contributed by atoms with Gasteiger partial charge in [0.25, 0.3) is 0 Å². The van der Waals surface area contributed by atoms with E-state index in [0.717, 1.165) is 27.1 Å². The van der Waals surface area contributed by atoms with Gasteiger partial charge in [0.2, 0.25) is 0 Å². The van der Waals surface area contributed by atoms with Crippen LogP contribution >= 0.6 is 11.8 Å². The van der Waals surface area contributed by atoms with E-state index in [0.29, 0.717) is 12.2 Å². The Morgan fingerprint density at radius 2 is 1.48 bits per heavy atom. The average Bonchev–Trinajstić information content (AvgIpc) is 3.11. The maximum Gasteiger partial charge on any atom is 0.407 e. The number of carbonyl (C=O) groups is 2. The summed E-state index contributed by atoms with van der Waals surface area (Å²) >= 11 is 1.56. The fourth-order valence-corrected chi connectivity index (χ4v) is 4.79. The second-order valence-electron chi connectivity index (χ2n) is 7.31. The maximum atomic E-state index is 12.4. The van der Waals surface area contributed by atoms with E-state index in [1.165, 1.54) is 0 Å². The number of thioether (sulfide) groups is 1. The fourth-order valence-electron chi connectivity index (χ4n) is 3.85. The molecule has 1 atom stereocenters. The van der Waals surface area contributed by atoms with Gasteiger partial charge in [-0.15, -0.1) is 11.8 Å². The lowest BCUT2D eigenvalue weighted by molar-refractivity contribution is -0.139. The highest BCUT2D eigenvalue weighted by Gasteiger charge is 2.29. The minimum atomic E-state index is -1.07. The number of aliphatic carboxylic acids is 1. The summed E-state index contributed by atoms with van der Waals surface area (Å²) in [7, 11) is 0. The van der Waals surface area contributed by atoms with Crippen LogP contribution in [0.1, 0.15) is 23.5 Å². The van der Waals surface area contributed by atoms with Gasteiger partial charge in [0.15, 0.2) is 0 Å². The first-order valence-electron chi connectivity index (χ1n) is 10.2. The molecule has 0 aliphatic heterocycles. The summed E-state index contributed by atoms with van der Waals surface area (Å²) in [5.74, 6) is -0.554. The lowest BCUT2D eigenvalue weighted by Gasteiger charge is -2.17. The van der Waals surface area contributed by atoms with Gasteiger partial charge >= 0.3 is 12.1 Å². The van der Waals surface area contributed by atoms with Gasteiger partial charge in [-0.1, -0.05) is 66.7 Å². The Labute approximate surface area is 185 Å². The van der Waals surface area contributed by atoms with Crippen LogP contribution in [-0.4, -0.2) is 35.6 Å². The van der Waals surface area contributed by atoms with Gasteiger partial charge in [0.1, 0.15) is 12.6 Å². The highest BCUT2D eigenvalue weighted by Crippen LogP contribution is 2.44. The Balaban J connectivity index is 1.34. The van der Waals surface area contributed by atoms with E-state index in [2.05, 4.69) is 17.4 Å². The number of ether oxygens (including phenoxy) is 1. The van der Waals surface area contributed by atoms with Gasteiger partial charge in [-0.3, -0.25) is 0 Å². The molecule has 0 saturated heterocycles. The molecule has 1 aliphatic rings. The van der Waals surface area contributed by atoms with Gasteiger partial charge < -0.3 is 15.2 Å². The normalized spacial score (nSPS) is 13.2. The van der Waals surface area contributed by atoms with Crippen molar-refractivity contribution in [2.45, 2.75) is 23.3 Å². The average molecular weight is 434 g/mol. The zero-order valence-electron chi connectivity index (χ0n) is 16.9. The quantitative estimate of drug-likeness (QED) is 0.480. The molecule has 0 bridgehead atoms. The summed E-state index contributed by atoms with van der Waals surface area (Å²) in [6, 6.07) is 24.9. The third-order valence-electron chi connectivity index (χ3n) is 5.35. The van der Waals surface area contributed by atoms with Crippen molar-refractivity contribution in [3.05, 3.63) is 90.0 Å². The SMILES string of the molecule is O=C(N[C@@H](CCSc1ccccc1)C(=O)O)OCC1c2ccccc2-c2ccccc21. The largest absolute Gasteiger partial charge is 0.480 e. The summed E-state index contributed by atoms with van der Waals surface area (Å²) in [6.07, 6.45) is -0.405. The number of nitrogens with one attached hydrogen (secondary N) is 1. The van der Waals surface area contributed by atoms with Crippen molar-refractivity contribution in [3.63, 3.8) is 0 Å². The molecular formula is C25H23NO4S. The van der Waals surface area contributed by atoms with Crippen molar-refractivity contribution in [2.24, 2.45) is 0 Å². The van der Waals surface area contributed by atoms with Gasteiger partial charge in [-0.25, -0.2) is 9.59 Å². The third-order valence-corrected chi connectivity index (χ3v) is 6.40. The van der Waals surface area contributed by atoms with Gasteiger partial charge in [-0.05, 0) is 40.8 Å². The minimum absolute atomic E-state index is 0.0601. The molecule has 4 rings (SSSR count). The lowest BCUT2D eigenvalue weighted by Crippen LogP contribution is -2.41. The van der Waals surface area contributed by atoms with Crippen molar-refractivity contribution in [3.8, 4) is 11.1 Å². The zero-order valence-corrected chi connectivity index (χ0v) is 17.7. The van der Waals surface area contributed by atoms with Gasteiger partial charge in [-0.2, -0.15) is 0 Å². The number of hydrogen-bond donors (Lipinski definition) is 2. The first-order valence-corrected chi connectivity index (χ1v) is 11.1.